The highest BCUT2D eigenvalue weighted by atomic mass is 16.8. The van der Waals surface area contributed by atoms with E-state index in [0.717, 1.165) is 0 Å². The summed E-state index contributed by atoms with van der Waals surface area (Å²) in [5.41, 5.74) is 6.11. The molecular formula is C11H15NO4. The number of hydrogen-bond donors (Lipinski definition) is 1. The second kappa shape index (κ2) is 5.85. The molecule has 0 fully saturated rings. The molecule has 0 radical (unpaired) electrons. The zero-order chi connectivity index (χ0) is 12.0. The molecule has 0 atom stereocenters. The number of nitrogen functional groups attached to an aromatic ring is 1. The highest BCUT2D eigenvalue weighted by Gasteiger charge is 2.06. The van der Waals surface area contributed by atoms with Gasteiger partial charge >= 0.3 is 6.16 Å². The quantitative estimate of drug-likeness (QED) is 0.483. The average molecular weight is 225 g/mol. The molecule has 5 heteroatoms. The van der Waals surface area contributed by atoms with E-state index in [1.807, 2.05) is 0 Å². The molecule has 0 aromatic heterocycles. The van der Waals surface area contributed by atoms with Crippen LogP contribution in [0.5, 0.6) is 5.75 Å². The number of ether oxygens (including phenoxy) is 3. The third kappa shape index (κ3) is 4.08. The lowest BCUT2D eigenvalue weighted by Gasteiger charge is -2.10. The third-order valence-corrected chi connectivity index (χ3v) is 1.64. The van der Waals surface area contributed by atoms with Crippen LogP contribution in [0.15, 0.2) is 24.3 Å². The molecule has 2 N–H and O–H groups in total. The molecule has 0 unspecified atom stereocenters. The molecule has 5 nitrogen and oxygen atoms in total. The van der Waals surface area contributed by atoms with Gasteiger partial charge in [-0.2, -0.15) is 0 Å². The summed E-state index contributed by atoms with van der Waals surface area (Å²) in [5.74, 6) is 0.472. The van der Waals surface area contributed by atoms with Crippen molar-refractivity contribution in [2.75, 3.05) is 12.5 Å². The number of benzene rings is 1. The van der Waals surface area contributed by atoms with Crippen molar-refractivity contribution in [1.82, 2.24) is 0 Å². The van der Waals surface area contributed by atoms with E-state index in [-0.39, 0.29) is 12.9 Å². The van der Waals surface area contributed by atoms with Gasteiger partial charge in [-0.05, 0) is 26.0 Å². The normalized spacial score (nSPS) is 9.94. The molecular weight excluding hydrogens is 210 g/mol. The molecule has 1 rings (SSSR count). The topological polar surface area (TPSA) is 70.8 Å². The Morgan fingerprint density at radius 2 is 2.06 bits per heavy atom. The Morgan fingerprint density at radius 1 is 1.38 bits per heavy atom. The molecule has 1 aromatic carbocycles. The van der Waals surface area contributed by atoms with Gasteiger partial charge in [0.15, 0.2) is 0 Å². The predicted molar refractivity (Wildman–Crippen MR) is 59.1 cm³/mol. The lowest BCUT2D eigenvalue weighted by Crippen LogP contribution is -2.16. The zero-order valence-corrected chi connectivity index (χ0v) is 9.30. The highest BCUT2D eigenvalue weighted by Crippen LogP contribution is 2.19. The number of anilines is 1. The van der Waals surface area contributed by atoms with Crippen molar-refractivity contribution in [3.63, 3.8) is 0 Å². The first-order valence-electron chi connectivity index (χ1n) is 4.90. The minimum atomic E-state index is -0.760. The van der Waals surface area contributed by atoms with Crippen molar-refractivity contribution in [2.45, 2.75) is 20.0 Å². The van der Waals surface area contributed by atoms with Gasteiger partial charge in [-0.25, -0.2) is 4.79 Å². The van der Waals surface area contributed by atoms with Gasteiger partial charge in [-0.15, -0.1) is 0 Å². The van der Waals surface area contributed by atoms with Gasteiger partial charge in [-0.1, -0.05) is 12.1 Å². The van der Waals surface area contributed by atoms with Gasteiger partial charge in [0, 0.05) is 0 Å². The Hall–Kier alpha value is -1.91. The highest BCUT2D eigenvalue weighted by molar-refractivity contribution is 5.60. The van der Waals surface area contributed by atoms with Crippen LogP contribution in [0.4, 0.5) is 10.5 Å². The second-order valence-corrected chi connectivity index (χ2v) is 3.36. The van der Waals surface area contributed by atoms with Crippen LogP contribution < -0.4 is 10.5 Å². The Kier molecular flexibility index (Phi) is 4.44. The first kappa shape index (κ1) is 12.2. The summed E-state index contributed by atoms with van der Waals surface area (Å²) >= 11 is 0. The van der Waals surface area contributed by atoms with E-state index in [9.17, 15) is 4.79 Å². The number of carbonyl (C=O) groups excluding carboxylic acids is 1. The van der Waals surface area contributed by atoms with Gasteiger partial charge in [0.2, 0.25) is 6.79 Å². The fourth-order valence-corrected chi connectivity index (χ4v) is 0.980. The van der Waals surface area contributed by atoms with Crippen molar-refractivity contribution >= 4 is 11.8 Å². The first-order valence-corrected chi connectivity index (χ1v) is 4.90. The molecule has 0 aliphatic carbocycles. The summed E-state index contributed by atoms with van der Waals surface area (Å²) in [5, 5.41) is 0. The van der Waals surface area contributed by atoms with Crippen LogP contribution in [-0.4, -0.2) is 19.1 Å². The van der Waals surface area contributed by atoms with E-state index in [4.69, 9.17) is 15.2 Å². The van der Waals surface area contributed by atoms with Gasteiger partial charge in [0.1, 0.15) is 5.75 Å². The summed E-state index contributed by atoms with van der Waals surface area (Å²) in [4.78, 5) is 11.0. The largest absolute Gasteiger partial charge is 0.511 e. The Balaban J connectivity index is 2.31. The number of nitrogens with two attached hydrogens (primary N) is 1. The lowest BCUT2D eigenvalue weighted by atomic mass is 10.3. The summed E-state index contributed by atoms with van der Waals surface area (Å²) in [6, 6.07) is 6.95. The van der Waals surface area contributed by atoms with E-state index in [2.05, 4.69) is 4.74 Å². The summed E-state index contributed by atoms with van der Waals surface area (Å²) in [6.45, 7) is 3.24. The van der Waals surface area contributed by atoms with Crippen LogP contribution in [0.1, 0.15) is 13.8 Å². The molecule has 0 saturated carbocycles. The van der Waals surface area contributed by atoms with Crippen LogP contribution in [-0.2, 0) is 9.47 Å². The summed E-state index contributed by atoms with van der Waals surface area (Å²) < 4.78 is 14.6. The minimum Gasteiger partial charge on any atom is -0.455 e. The van der Waals surface area contributed by atoms with Crippen LogP contribution >= 0.6 is 0 Å². The maximum absolute atomic E-state index is 11.0. The number of rotatable bonds is 4. The number of para-hydroxylation sites is 2. The molecule has 0 spiro atoms. The molecule has 0 bridgehead atoms. The molecule has 16 heavy (non-hydrogen) atoms. The Bertz CT molecular complexity index is 352. The van der Waals surface area contributed by atoms with Crippen molar-refractivity contribution < 1.29 is 19.0 Å². The molecule has 0 aliphatic heterocycles. The average Bonchev–Trinajstić information content (AvgIpc) is 2.19. The molecule has 1 aromatic rings. The van der Waals surface area contributed by atoms with E-state index >= 15 is 0 Å². The van der Waals surface area contributed by atoms with Crippen molar-refractivity contribution in [3.05, 3.63) is 24.3 Å². The van der Waals surface area contributed by atoms with Crippen LogP contribution in [0, 0.1) is 0 Å². The van der Waals surface area contributed by atoms with Crippen molar-refractivity contribution in [2.24, 2.45) is 0 Å². The van der Waals surface area contributed by atoms with Crippen LogP contribution in [0.2, 0.25) is 0 Å². The predicted octanol–water partition coefficient (Wildman–Crippen LogP) is 2.17. The van der Waals surface area contributed by atoms with Crippen molar-refractivity contribution in [1.29, 1.82) is 0 Å². The standard InChI is InChI=1S/C11H15NO4/c1-8(2)16-11(13)15-7-14-10-6-4-3-5-9(10)12/h3-6,8H,7,12H2,1-2H3. The minimum absolute atomic E-state index is 0.214. The number of carbonyl (C=O) groups is 1. The SMILES string of the molecule is CC(C)OC(=O)OCOc1ccccc1N. The van der Waals surface area contributed by atoms with Crippen LogP contribution in [0.3, 0.4) is 0 Å². The summed E-state index contributed by atoms with van der Waals surface area (Å²) in [7, 11) is 0. The van der Waals surface area contributed by atoms with Gasteiger partial charge < -0.3 is 19.9 Å². The van der Waals surface area contributed by atoms with Crippen LogP contribution in [0.25, 0.3) is 0 Å². The van der Waals surface area contributed by atoms with E-state index in [1.165, 1.54) is 0 Å². The lowest BCUT2D eigenvalue weighted by molar-refractivity contribution is -0.00795. The second-order valence-electron chi connectivity index (χ2n) is 3.36. The fourth-order valence-electron chi connectivity index (χ4n) is 0.980. The van der Waals surface area contributed by atoms with E-state index in [0.29, 0.717) is 11.4 Å². The Labute approximate surface area is 94.1 Å². The number of hydrogen-bond acceptors (Lipinski definition) is 5. The molecule has 88 valence electrons. The molecule has 0 amide bonds. The maximum atomic E-state index is 11.0. The summed E-state index contributed by atoms with van der Waals surface area (Å²) in [6.07, 6.45) is -0.973. The van der Waals surface area contributed by atoms with Gasteiger partial charge in [0.05, 0.1) is 11.8 Å². The zero-order valence-electron chi connectivity index (χ0n) is 9.30. The smallest absolute Gasteiger partial charge is 0.455 e. The van der Waals surface area contributed by atoms with E-state index < -0.39 is 6.16 Å². The molecule has 0 aliphatic rings. The maximum Gasteiger partial charge on any atom is 0.511 e. The van der Waals surface area contributed by atoms with Crippen molar-refractivity contribution in [3.8, 4) is 5.75 Å². The Morgan fingerprint density at radius 3 is 2.69 bits per heavy atom. The fraction of sp³-hybridized carbons (Fsp3) is 0.364. The van der Waals surface area contributed by atoms with E-state index in [1.54, 1.807) is 38.1 Å². The monoisotopic (exact) mass is 225 g/mol. The van der Waals surface area contributed by atoms with Gasteiger partial charge in [0.25, 0.3) is 0 Å². The molecule has 0 saturated heterocycles. The first-order chi connectivity index (χ1) is 7.59. The third-order valence-electron chi connectivity index (χ3n) is 1.64. The molecule has 0 heterocycles. The van der Waals surface area contributed by atoms with Gasteiger partial charge in [-0.3, -0.25) is 0 Å².